The van der Waals surface area contributed by atoms with Crippen molar-refractivity contribution in [3.63, 3.8) is 0 Å². The molecule has 1 atom stereocenters. The highest BCUT2D eigenvalue weighted by molar-refractivity contribution is 5.97. The Balaban J connectivity index is 1.79. The summed E-state index contributed by atoms with van der Waals surface area (Å²) in [7, 11) is 1.12. The third kappa shape index (κ3) is 5.51. The number of hydrogen-bond donors (Lipinski definition) is 1. The fourth-order valence-electron chi connectivity index (χ4n) is 3.22. The first-order valence-electron chi connectivity index (χ1n) is 9.49. The van der Waals surface area contributed by atoms with Crippen molar-refractivity contribution >= 4 is 11.9 Å². The van der Waals surface area contributed by atoms with Gasteiger partial charge >= 0.3 is 12.1 Å². The molecule has 0 unspecified atom stereocenters. The van der Waals surface area contributed by atoms with Crippen molar-refractivity contribution in [3.8, 4) is 11.1 Å². The molecule has 0 saturated heterocycles. The van der Waals surface area contributed by atoms with Gasteiger partial charge in [-0.15, -0.1) is 0 Å². The number of ether oxygens (including phenoxy) is 1. The maximum Gasteiger partial charge on any atom is 0.416 e. The van der Waals surface area contributed by atoms with E-state index in [-0.39, 0.29) is 17.5 Å². The number of halogens is 3. The van der Waals surface area contributed by atoms with Crippen molar-refractivity contribution < 1.29 is 27.5 Å². The van der Waals surface area contributed by atoms with Gasteiger partial charge in [-0.2, -0.15) is 13.2 Å². The number of benzene rings is 3. The number of rotatable bonds is 6. The Morgan fingerprint density at radius 1 is 0.871 bits per heavy atom. The number of hydrogen-bond acceptors (Lipinski definition) is 3. The van der Waals surface area contributed by atoms with Crippen LogP contribution in [0.3, 0.4) is 0 Å². The highest BCUT2D eigenvalue weighted by Crippen LogP contribution is 2.32. The van der Waals surface area contributed by atoms with Crippen LogP contribution in [-0.2, 0) is 22.1 Å². The van der Waals surface area contributed by atoms with Crippen molar-refractivity contribution in [2.45, 2.75) is 18.6 Å². The summed E-state index contributed by atoms with van der Waals surface area (Å²) in [6.45, 7) is 0. The molecule has 160 valence electrons. The average molecular weight is 427 g/mol. The van der Waals surface area contributed by atoms with E-state index in [4.69, 9.17) is 0 Å². The Hall–Kier alpha value is -3.61. The molecule has 7 heteroatoms. The third-order valence-electron chi connectivity index (χ3n) is 4.79. The lowest BCUT2D eigenvalue weighted by Crippen LogP contribution is -2.43. The Labute approximate surface area is 177 Å². The Bertz CT molecular complexity index is 1050. The molecule has 0 saturated carbocycles. The maximum atomic E-state index is 13.3. The number of carbonyl (C=O) groups is 2. The predicted molar refractivity (Wildman–Crippen MR) is 110 cm³/mol. The lowest BCUT2D eigenvalue weighted by atomic mass is 9.99. The normalized spacial score (nSPS) is 12.1. The minimum absolute atomic E-state index is 0.106. The molecule has 0 radical (unpaired) electrons. The fraction of sp³-hybridized carbons (Fsp3) is 0.167. The van der Waals surface area contributed by atoms with E-state index in [1.807, 2.05) is 30.3 Å². The Kier molecular flexibility index (Phi) is 6.74. The molecule has 0 aliphatic heterocycles. The molecule has 3 aromatic carbocycles. The van der Waals surface area contributed by atoms with Gasteiger partial charge in [0.25, 0.3) is 5.91 Å². The second kappa shape index (κ2) is 9.47. The SMILES string of the molecule is COC(=O)[C@@H](Cc1ccccc1C(F)(F)F)NC(=O)c1ccc(-c2ccccc2)cc1. The van der Waals surface area contributed by atoms with Gasteiger partial charge in [0.1, 0.15) is 6.04 Å². The predicted octanol–water partition coefficient (Wildman–Crippen LogP) is 4.89. The molecule has 1 amide bonds. The topological polar surface area (TPSA) is 55.4 Å². The lowest BCUT2D eigenvalue weighted by molar-refractivity contribution is -0.144. The van der Waals surface area contributed by atoms with Crippen LogP contribution in [0.4, 0.5) is 13.2 Å². The van der Waals surface area contributed by atoms with Crippen molar-refractivity contribution in [1.82, 2.24) is 5.32 Å². The van der Waals surface area contributed by atoms with Crippen LogP contribution in [0.15, 0.2) is 78.9 Å². The zero-order valence-electron chi connectivity index (χ0n) is 16.6. The second-order valence-electron chi connectivity index (χ2n) is 6.85. The van der Waals surface area contributed by atoms with E-state index in [2.05, 4.69) is 10.1 Å². The van der Waals surface area contributed by atoms with Gasteiger partial charge < -0.3 is 10.1 Å². The summed E-state index contributed by atoms with van der Waals surface area (Å²) in [4.78, 5) is 24.8. The van der Waals surface area contributed by atoms with Crippen LogP contribution in [0.1, 0.15) is 21.5 Å². The van der Waals surface area contributed by atoms with E-state index in [0.29, 0.717) is 0 Å². The molecule has 1 N–H and O–H groups in total. The molecule has 0 spiro atoms. The second-order valence-corrected chi connectivity index (χ2v) is 6.85. The van der Waals surface area contributed by atoms with Crippen LogP contribution in [-0.4, -0.2) is 25.0 Å². The minimum Gasteiger partial charge on any atom is -0.467 e. The van der Waals surface area contributed by atoms with Crippen molar-refractivity contribution in [3.05, 3.63) is 95.6 Å². The number of esters is 1. The molecular weight excluding hydrogens is 407 g/mol. The number of nitrogens with one attached hydrogen (secondary N) is 1. The molecule has 0 aliphatic rings. The van der Waals surface area contributed by atoms with Gasteiger partial charge in [-0.3, -0.25) is 4.79 Å². The number of methoxy groups -OCH3 is 1. The number of amides is 1. The van der Waals surface area contributed by atoms with Gasteiger partial charge in [0, 0.05) is 12.0 Å². The van der Waals surface area contributed by atoms with Crippen LogP contribution >= 0.6 is 0 Å². The van der Waals surface area contributed by atoms with Gasteiger partial charge in [-0.1, -0.05) is 60.7 Å². The molecule has 0 bridgehead atoms. The highest BCUT2D eigenvalue weighted by atomic mass is 19.4. The van der Waals surface area contributed by atoms with Crippen molar-refractivity contribution in [1.29, 1.82) is 0 Å². The number of alkyl halides is 3. The number of carbonyl (C=O) groups excluding carboxylic acids is 2. The van der Waals surface area contributed by atoms with Crippen LogP contribution in [0, 0.1) is 0 Å². The zero-order chi connectivity index (χ0) is 22.4. The summed E-state index contributed by atoms with van der Waals surface area (Å²) in [6, 6.07) is 19.9. The lowest BCUT2D eigenvalue weighted by Gasteiger charge is -2.19. The molecule has 4 nitrogen and oxygen atoms in total. The summed E-state index contributed by atoms with van der Waals surface area (Å²) < 4.78 is 44.5. The van der Waals surface area contributed by atoms with E-state index >= 15 is 0 Å². The van der Waals surface area contributed by atoms with Crippen LogP contribution in [0.5, 0.6) is 0 Å². The van der Waals surface area contributed by atoms with E-state index in [9.17, 15) is 22.8 Å². The van der Waals surface area contributed by atoms with Crippen LogP contribution < -0.4 is 5.32 Å². The minimum atomic E-state index is -4.57. The smallest absolute Gasteiger partial charge is 0.416 e. The molecule has 0 fully saturated rings. The van der Waals surface area contributed by atoms with Gasteiger partial charge in [0.2, 0.25) is 0 Å². The zero-order valence-corrected chi connectivity index (χ0v) is 16.6. The highest BCUT2D eigenvalue weighted by Gasteiger charge is 2.34. The van der Waals surface area contributed by atoms with E-state index in [1.54, 1.807) is 24.3 Å². The van der Waals surface area contributed by atoms with Gasteiger partial charge in [0.15, 0.2) is 0 Å². The largest absolute Gasteiger partial charge is 0.467 e. The van der Waals surface area contributed by atoms with E-state index < -0.39 is 29.7 Å². The van der Waals surface area contributed by atoms with Crippen LogP contribution in [0.25, 0.3) is 11.1 Å². The average Bonchev–Trinajstić information content (AvgIpc) is 2.78. The summed E-state index contributed by atoms with van der Waals surface area (Å²) >= 11 is 0. The van der Waals surface area contributed by atoms with E-state index in [1.165, 1.54) is 18.2 Å². The fourth-order valence-corrected chi connectivity index (χ4v) is 3.22. The maximum absolute atomic E-state index is 13.3. The quantitative estimate of drug-likeness (QED) is 0.570. The molecule has 0 heterocycles. The Morgan fingerprint density at radius 3 is 2.06 bits per heavy atom. The standard InChI is InChI=1S/C24H20F3NO3/c1-31-23(30)21(15-19-9-5-6-10-20(19)24(25,26)27)28-22(29)18-13-11-17(12-14-18)16-7-3-2-4-8-16/h2-14,21H,15H2,1H3,(H,28,29)/t21-/m1/s1. The summed E-state index contributed by atoms with van der Waals surface area (Å²) in [5.74, 6) is -1.41. The molecule has 31 heavy (non-hydrogen) atoms. The van der Waals surface area contributed by atoms with E-state index in [0.717, 1.165) is 24.3 Å². The van der Waals surface area contributed by atoms with Gasteiger partial charge in [0.05, 0.1) is 12.7 Å². The summed E-state index contributed by atoms with van der Waals surface area (Å²) in [6.07, 6.45) is -4.93. The van der Waals surface area contributed by atoms with Gasteiger partial charge in [-0.05, 0) is 34.9 Å². The molecule has 3 rings (SSSR count). The third-order valence-corrected chi connectivity index (χ3v) is 4.79. The first kappa shape index (κ1) is 22.1. The van der Waals surface area contributed by atoms with Crippen molar-refractivity contribution in [2.24, 2.45) is 0 Å². The Morgan fingerprint density at radius 2 is 1.45 bits per heavy atom. The molecule has 0 aliphatic carbocycles. The van der Waals surface area contributed by atoms with Crippen molar-refractivity contribution in [2.75, 3.05) is 7.11 Å². The first-order chi connectivity index (χ1) is 14.8. The summed E-state index contributed by atoms with van der Waals surface area (Å²) in [5, 5.41) is 2.49. The first-order valence-corrected chi connectivity index (χ1v) is 9.49. The molecule has 0 aromatic heterocycles. The monoisotopic (exact) mass is 427 g/mol. The summed E-state index contributed by atoms with van der Waals surface area (Å²) in [5.41, 5.74) is 1.19. The molecule has 3 aromatic rings. The van der Waals surface area contributed by atoms with Crippen LogP contribution in [0.2, 0.25) is 0 Å². The molecular formula is C24H20F3NO3. The van der Waals surface area contributed by atoms with Gasteiger partial charge in [-0.25, -0.2) is 4.79 Å².